The molecule has 0 aromatic heterocycles. The van der Waals surface area contributed by atoms with E-state index in [1.165, 1.54) is 17.5 Å². The van der Waals surface area contributed by atoms with Crippen LogP contribution in [-0.4, -0.2) is 38.8 Å². The van der Waals surface area contributed by atoms with Crippen molar-refractivity contribution in [3.63, 3.8) is 0 Å². The molecule has 1 amide bonds. The van der Waals surface area contributed by atoms with Crippen LogP contribution >= 0.6 is 0 Å². The van der Waals surface area contributed by atoms with Gasteiger partial charge in [0.1, 0.15) is 10.6 Å². The zero-order valence-corrected chi connectivity index (χ0v) is 18.0. The first-order chi connectivity index (χ1) is 13.9. The van der Waals surface area contributed by atoms with Gasteiger partial charge in [0.2, 0.25) is 10.0 Å². The Kier molecular flexibility index (Phi) is 6.29. The Morgan fingerprint density at radius 1 is 1.10 bits per heavy atom. The lowest BCUT2D eigenvalue weighted by molar-refractivity contribution is 0.0823. The molecule has 7 heteroatoms. The minimum Gasteiger partial charge on any atom is -0.495 e. The highest BCUT2D eigenvalue weighted by molar-refractivity contribution is 7.89. The number of rotatable bonds is 8. The third kappa shape index (κ3) is 4.02. The van der Waals surface area contributed by atoms with Gasteiger partial charge in [-0.15, -0.1) is 0 Å². The molecular formula is C22H28N2O4S. The van der Waals surface area contributed by atoms with E-state index in [9.17, 15) is 13.2 Å². The second-order valence-electron chi connectivity index (χ2n) is 7.21. The van der Waals surface area contributed by atoms with E-state index in [4.69, 9.17) is 4.74 Å². The van der Waals surface area contributed by atoms with E-state index in [0.29, 0.717) is 18.7 Å². The molecule has 29 heavy (non-hydrogen) atoms. The summed E-state index contributed by atoms with van der Waals surface area (Å²) in [7, 11) is -2.33. The van der Waals surface area contributed by atoms with E-state index in [1.807, 2.05) is 30.3 Å². The van der Waals surface area contributed by atoms with E-state index in [1.54, 1.807) is 26.0 Å². The minimum atomic E-state index is -3.76. The number of methoxy groups -OCH3 is 1. The van der Waals surface area contributed by atoms with Crippen LogP contribution in [0.4, 0.5) is 0 Å². The number of ether oxygens (including phenoxy) is 1. The third-order valence-electron chi connectivity index (χ3n) is 5.64. The number of carbonyl (C=O) groups excluding carboxylic acids is 1. The summed E-state index contributed by atoms with van der Waals surface area (Å²) in [5.74, 6) is -0.0536. The Bertz CT molecular complexity index is 966. The average Bonchev–Trinajstić information content (AvgIpc) is 2.71. The molecule has 156 valence electrons. The van der Waals surface area contributed by atoms with E-state index in [-0.39, 0.29) is 16.6 Å². The van der Waals surface area contributed by atoms with Gasteiger partial charge in [-0.25, -0.2) is 8.42 Å². The summed E-state index contributed by atoms with van der Waals surface area (Å²) >= 11 is 0. The van der Waals surface area contributed by atoms with Crippen molar-refractivity contribution in [2.75, 3.05) is 20.2 Å². The second kappa shape index (κ2) is 8.55. The summed E-state index contributed by atoms with van der Waals surface area (Å²) in [6.07, 6.45) is 2.77. The number of hydrogen-bond donors (Lipinski definition) is 1. The smallest absolute Gasteiger partial charge is 0.252 e. The van der Waals surface area contributed by atoms with Crippen molar-refractivity contribution < 1.29 is 17.9 Å². The standard InChI is InChI=1S/C22H28N2O4S/c1-4-24(5-2)29(26,27)20-16-17(12-13-19(20)28-3)21(25)23-22(14-9-15-22)18-10-7-6-8-11-18/h6-8,10-13,16H,4-5,9,14-15H2,1-3H3,(H,23,25). The van der Waals surface area contributed by atoms with Gasteiger partial charge in [0.05, 0.1) is 12.6 Å². The van der Waals surface area contributed by atoms with Crippen molar-refractivity contribution in [1.82, 2.24) is 9.62 Å². The first kappa shape index (κ1) is 21.3. The Morgan fingerprint density at radius 2 is 1.76 bits per heavy atom. The molecule has 1 saturated carbocycles. The topological polar surface area (TPSA) is 75.7 Å². The number of amides is 1. The average molecular weight is 417 g/mol. The van der Waals surface area contributed by atoms with Crippen LogP contribution in [0.25, 0.3) is 0 Å². The maximum atomic E-state index is 13.1. The van der Waals surface area contributed by atoms with Crippen LogP contribution < -0.4 is 10.1 Å². The highest BCUT2D eigenvalue weighted by atomic mass is 32.2. The molecule has 0 atom stereocenters. The highest BCUT2D eigenvalue weighted by Crippen LogP contribution is 2.41. The maximum absolute atomic E-state index is 13.1. The predicted octanol–water partition coefficient (Wildman–Crippen LogP) is 3.53. The van der Waals surface area contributed by atoms with Crippen molar-refractivity contribution in [2.24, 2.45) is 0 Å². The number of carbonyl (C=O) groups is 1. The highest BCUT2D eigenvalue weighted by Gasteiger charge is 2.40. The monoisotopic (exact) mass is 416 g/mol. The molecule has 1 aliphatic carbocycles. The molecule has 0 spiro atoms. The number of nitrogens with zero attached hydrogens (tertiary/aromatic N) is 1. The van der Waals surface area contributed by atoms with Gasteiger partial charge in [-0.1, -0.05) is 44.2 Å². The van der Waals surface area contributed by atoms with E-state index >= 15 is 0 Å². The molecule has 0 bridgehead atoms. The molecule has 2 aromatic rings. The molecule has 0 radical (unpaired) electrons. The van der Waals surface area contributed by atoms with Crippen LogP contribution in [0.1, 0.15) is 49.0 Å². The van der Waals surface area contributed by atoms with Crippen LogP contribution in [0, 0.1) is 0 Å². The SMILES string of the molecule is CCN(CC)S(=O)(=O)c1cc(C(=O)NC2(c3ccccc3)CCC2)ccc1OC. The van der Waals surface area contributed by atoms with E-state index in [0.717, 1.165) is 24.8 Å². The molecule has 1 aliphatic rings. The first-order valence-corrected chi connectivity index (χ1v) is 11.4. The van der Waals surface area contributed by atoms with Crippen LogP contribution in [0.2, 0.25) is 0 Å². The Balaban J connectivity index is 1.94. The predicted molar refractivity (Wildman–Crippen MR) is 113 cm³/mol. The fourth-order valence-corrected chi connectivity index (χ4v) is 5.42. The maximum Gasteiger partial charge on any atom is 0.252 e. The fourth-order valence-electron chi connectivity index (χ4n) is 3.78. The molecule has 3 rings (SSSR count). The van der Waals surface area contributed by atoms with E-state index in [2.05, 4.69) is 5.32 Å². The largest absolute Gasteiger partial charge is 0.495 e. The summed E-state index contributed by atoms with van der Waals surface area (Å²) in [6.45, 7) is 4.25. The molecule has 1 N–H and O–H groups in total. The molecule has 0 aliphatic heterocycles. The third-order valence-corrected chi connectivity index (χ3v) is 7.71. The summed E-state index contributed by atoms with van der Waals surface area (Å²) in [5.41, 5.74) is 0.985. The van der Waals surface area contributed by atoms with Gasteiger partial charge in [-0.3, -0.25) is 4.79 Å². The van der Waals surface area contributed by atoms with Gasteiger partial charge in [-0.05, 0) is 43.0 Å². The zero-order valence-electron chi connectivity index (χ0n) is 17.1. The molecule has 0 heterocycles. The van der Waals surface area contributed by atoms with Crippen LogP contribution in [0.5, 0.6) is 5.75 Å². The van der Waals surface area contributed by atoms with Crippen molar-refractivity contribution in [3.05, 3.63) is 59.7 Å². The van der Waals surface area contributed by atoms with Crippen LogP contribution in [-0.2, 0) is 15.6 Å². The number of benzene rings is 2. The molecular weight excluding hydrogens is 388 g/mol. The van der Waals surface area contributed by atoms with Crippen LogP contribution in [0.15, 0.2) is 53.4 Å². The Labute approximate surface area is 172 Å². The number of sulfonamides is 1. The molecule has 0 unspecified atom stereocenters. The summed E-state index contributed by atoms with van der Waals surface area (Å²) < 4.78 is 32.7. The van der Waals surface area contributed by atoms with Crippen molar-refractivity contribution in [3.8, 4) is 5.75 Å². The van der Waals surface area contributed by atoms with Gasteiger partial charge < -0.3 is 10.1 Å². The molecule has 6 nitrogen and oxygen atoms in total. The number of nitrogens with one attached hydrogen (secondary N) is 1. The van der Waals surface area contributed by atoms with Gasteiger partial charge >= 0.3 is 0 Å². The van der Waals surface area contributed by atoms with Crippen molar-refractivity contribution >= 4 is 15.9 Å². The normalized spacial score (nSPS) is 15.6. The Hall–Kier alpha value is -2.38. The van der Waals surface area contributed by atoms with E-state index < -0.39 is 15.6 Å². The van der Waals surface area contributed by atoms with Gasteiger partial charge in [0.25, 0.3) is 5.91 Å². The first-order valence-electron chi connectivity index (χ1n) is 9.94. The summed E-state index contributed by atoms with van der Waals surface area (Å²) in [4.78, 5) is 13.1. The quantitative estimate of drug-likeness (QED) is 0.714. The molecule has 1 fully saturated rings. The van der Waals surface area contributed by atoms with Gasteiger partial charge in [0, 0.05) is 18.7 Å². The molecule has 2 aromatic carbocycles. The second-order valence-corrected chi connectivity index (χ2v) is 9.12. The summed E-state index contributed by atoms with van der Waals surface area (Å²) in [6, 6.07) is 14.5. The zero-order chi connectivity index (χ0) is 21.1. The lowest BCUT2D eigenvalue weighted by Crippen LogP contribution is -2.50. The minimum absolute atomic E-state index is 0.0127. The van der Waals surface area contributed by atoms with Crippen LogP contribution in [0.3, 0.4) is 0 Å². The lowest BCUT2D eigenvalue weighted by atomic mass is 9.71. The van der Waals surface area contributed by atoms with Gasteiger partial charge in [0.15, 0.2) is 0 Å². The van der Waals surface area contributed by atoms with Crippen molar-refractivity contribution in [2.45, 2.75) is 43.5 Å². The Morgan fingerprint density at radius 3 is 2.28 bits per heavy atom. The molecule has 0 saturated heterocycles. The van der Waals surface area contributed by atoms with Gasteiger partial charge in [-0.2, -0.15) is 4.31 Å². The lowest BCUT2D eigenvalue weighted by Gasteiger charge is -2.43. The van der Waals surface area contributed by atoms with Crippen molar-refractivity contribution in [1.29, 1.82) is 0 Å². The summed E-state index contributed by atoms with van der Waals surface area (Å²) in [5, 5.41) is 3.15. The fraction of sp³-hybridized carbons (Fsp3) is 0.409. The number of hydrogen-bond acceptors (Lipinski definition) is 4.